The van der Waals surface area contributed by atoms with Crippen LogP contribution in [0.3, 0.4) is 0 Å². The van der Waals surface area contributed by atoms with Crippen molar-refractivity contribution in [3.05, 3.63) is 36.1 Å². The van der Waals surface area contributed by atoms with Crippen molar-refractivity contribution in [1.29, 1.82) is 0 Å². The highest BCUT2D eigenvalue weighted by Gasteiger charge is 2.63. The lowest BCUT2D eigenvalue weighted by molar-refractivity contribution is -0.241. The molecule has 0 radical (unpaired) electrons. The Balaban J connectivity index is 0.00000210. The molecule has 5 rings (SSSR count). The molecular weight excluding hydrogens is 364 g/mol. The second-order valence-corrected chi connectivity index (χ2v) is 8.91. The summed E-state index contributed by atoms with van der Waals surface area (Å²) in [5, 5.41) is 22.5. The quantitative estimate of drug-likeness (QED) is 0.680. The van der Waals surface area contributed by atoms with Crippen LogP contribution in [0.15, 0.2) is 34.9 Å². The summed E-state index contributed by atoms with van der Waals surface area (Å²) in [5.41, 5.74) is 7.16. The third-order valence-corrected chi connectivity index (χ3v) is 7.01. The van der Waals surface area contributed by atoms with E-state index in [9.17, 15) is 10.1 Å². The second kappa shape index (κ2) is 7.09. The van der Waals surface area contributed by atoms with E-state index in [0.717, 1.165) is 29.4 Å². The smallest absolute Gasteiger partial charge is 0.464 e. The van der Waals surface area contributed by atoms with Gasteiger partial charge >= 0.3 is 7.12 Å². The van der Waals surface area contributed by atoms with Gasteiger partial charge in [-0.1, -0.05) is 32.0 Å². The minimum Gasteiger partial charge on any atom is -0.464 e. The van der Waals surface area contributed by atoms with Crippen molar-refractivity contribution in [2.24, 2.45) is 23.0 Å². The van der Waals surface area contributed by atoms with Crippen LogP contribution >= 0.6 is 12.4 Å². The normalized spacial score (nSPS) is 32.4. The first-order chi connectivity index (χ1) is 12.2. The van der Waals surface area contributed by atoms with E-state index in [0.29, 0.717) is 12.3 Å². The van der Waals surface area contributed by atoms with Crippen LogP contribution in [-0.4, -0.2) is 34.9 Å². The molecule has 3 aliphatic carbocycles. The van der Waals surface area contributed by atoms with Gasteiger partial charge in [0.25, 0.3) is 0 Å². The number of hydrogen-bond acceptors (Lipinski definition) is 5. The van der Waals surface area contributed by atoms with Gasteiger partial charge in [-0.3, -0.25) is 0 Å². The van der Waals surface area contributed by atoms with Gasteiger partial charge in [-0.05, 0) is 55.1 Å². The van der Waals surface area contributed by atoms with Crippen LogP contribution in [0.5, 0.6) is 0 Å². The molecule has 3 fully saturated rings. The van der Waals surface area contributed by atoms with Crippen LogP contribution in [0.25, 0.3) is 11.0 Å². The highest BCUT2D eigenvalue weighted by Crippen LogP contribution is 2.63. The number of para-hydroxylation sites is 1. The molecular formula is C20H29BClNO4. The fourth-order valence-corrected chi connectivity index (χ4v) is 5.14. The predicted octanol–water partition coefficient (Wildman–Crippen LogP) is 2.95. The van der Waals surface area contributed by atoms with Gasteiger partial charge in [0, 0.05) is 11.3 Å². The lowest BCUT2D eigenvalue weighted by Crippen LogP contribution is -2.68. The summed E-state index contributed by atoms with van der Waals surface area (Å²) in [6, 6.07) is 7.76. The first kappa shape index (κ1) is 20.7. The van der Waals surface area contributed by atoms with Crippen molar-refractivity contribution in [1.82, 2.24) is 0 Å². The molecule has 1 aromatic carbocycles. The first-order valence-electron chi connectivity index (χ1n) is 9.48. The highest BCUT2D eigenvalue weighted by atomic mass is 35.5. The summed E-state index contributed by atoms with van der Waals surface area (Å²) < 4.78 is 11.4. The minimum absolute atomic E-state index is 0. The van der Waals surface area contributed by atoms with Crippen LogP contribution in [0.1, 0.15) is 39.2 Å². The molecule has 2 aromatic rings. The van der Waals surface area contributed by atoms with E-state index in [-0.39, 0.29) is 29.8 Å². The molecule has 0 spiro atoms. The summed E-state index contributed by atoms with van der Waals surface area (Å²) in [6.07, 6.45) is 3.54. The molecule has 0 aliphatic heterocycles. The summed E-state index contributed by atoms with van der Waals surface area (Å²) in [7, 11) is -1.12. The SMILES string of the molecule is CC1(C)[C@@H]2C[C@@H](OB(O)[C@@H](N)Cc3coc4ccccc34)[C@@](C)(O)[C@H]1C2.Cl. The van der Waals surface area contributed by atoms with Gasteiger partial charge in [0.15, 0.2) is 0 Å². The van der Waals surface area contributed by atoms with Crippen LogP contribution in [0.2, 0.25) is 0 Å². The number of halogens is 1. The molecule has 0 saturated heterocycles. The van der Waals surface area contributed by atoms with Crippen LogP contribution in [0.4, 0.5) is 0 Å². The number of benzene rings is 1. The maximum absolute atomic E-state index is 11.0. The molecule has 148 valence electrons. The maximum atomic E-state index is 11.0. The number of rotatable bonds is 5. The average Bonchev–Trinajstić information content (AvgIpc) is 2.98. The van der Waals surface area contributed by atoms with Crippen molar-refractivity contribution >= 4 is 30.5 Å². The fraction of sp³-hybridized carbons (Fsp3) is 0.600. The van der Waals surface area contributed by atoms with Gasteiger partial charge < -0.3 is 24.9 Å². The second-order valence-electron chi connectivity index (χ2n) is 8.91. The predicted molar refractivity (Wildman–Crippen MR) is 109 cm³/mol. The maximum Gasteiger partial charge on any atom is 0.472 e. The van der Waals surface area contributed by atoms with Gasteiger partial charge in [0.05, 0.1) is 18.0 Å². The Morgan fingerprint density at radius 3 is 2.67 bits per heavy atom. The number of fused-ring (bicyclic) bond motifs is 3. The average molecular weight is 394 g/mol. The first-order valence-corrected chi connectivity index (χ1v) is 9.48. The van der Waals surface area contributed by atoms with Crippen LogP contribution in [-0.2, 0) is 11.1 Å². The molecule has 4 N–H and O–H groups in total. The summed E-state index contributed by atoms with van der Waals surface area (Å²) >= 11 is 0. The molecule has 1 heterocycles. The van der Waals surface area contributed by atoms with Crippen molar-refractivity contribution < 1.29 is 19.2 Å². The van der Waals surface area contributed by atoms with E-state index in [4.69, 9.17) is 14.8 Å². The molecule has 7 heteroatoms. The molecule has 0 amide bonds. The van der Waals surface area contributed by atoms with E-state index in [1.165, 1.54) is 0 Å². The van der Waals surface area contributed by atoms with Crippen molar-refractivity contribution in [2.45, 2.75) is 57.7 Å². The molecule has 0 unspecified atom stereocenters. The Kier molecular flexibility index (Phi) is 5.43. The van der Waals surface area contributed by atoms with Gasteiger partial charge in [-0.2, -0.15) is 0 Å². The Morgan fingerprint density at radius 1 is 1.30 bits per heavy atom. The Hall–Kier alpha value is -1.05. The third kappa shape index (κ3) is 3.32. The lowest BCUT2D eigenvalue weighted by atomic mass is 9.43. The number of furan rings is 1. The van der Waals surface area contributed by atoms with E-state index >= 15 is 0 Å². The van der Waals surface area contributed by atoms with Crippen molar-refractivity contribution in [3.8, 4) is 0 Å². The molecule has 27 heavy (non-hydrogen) atoms. The third-order valence-electron chi connectivity index (χ3n) is 7.01. The Labute approximate surface area is 166 Å². The van der Waals surface area contributed by atoms with Crippen molar-refractivity contribution in [2.75, 3.05) is 0 Å². The largest absolute Gasteiger partial charge is 0.472 e. The molecule has 5 atom stereocenters. The van der Waals surface area contributed by atoms with Gasteiger partial charge in [-0.25, -0.2) is 0 Å². The zero-order valence-corrected chi connectivity index (χ0v) is 16.9. The Morgan fingerprint density at radius 2 is 2.00 bits per heavy atom. The highest BCUT2D eigenvalue weighted by molar-refractivity contribution is 6.45. The monoisotopic (exact) mass is 393 g/mol. The minimum atomic E-state index is -1.12. The molecule has 3 saturated carbocycles. The van der Waals surface area contributed by atoms with Crippen LogP contribution < -0.4 is 5.73 Å². The summed E-state index contributed by atoms with van der Waals surface area (Å²) in [5.74, 6) is 0.136. The Bertz CT molecular complexity index is 808. The number of nitrogens with two attached hydrogens (primary N) is 1. The number of aliphatic hydroxyl groups is 1. The van der Waals surface area contributed by atoms with Gasteiger partial charge in [0.2, 0.25) is 0 Å². The van der Waals surface area contributed by atoms with E-state index < -0.39 is 18.7 Å². The van der Waals surface area contributed by atoms with Gasteiger partial charge in [0.1, 0.15) is 5.58 Å². The lowest BCUT2D eigenvalue weighted by Gasteiger charge is -2.65. The number of hydrogen-bond donors (Lipinski definition) is 3. The molecule has 2 bridgehead atoms. The molecule has 1 aromatic heterocycles. The fourth-order valence-electron chi connectivity index (χ4n) is 5.14. The summed E-state index contributed by atoms with van der Waals surface area (Å²) in [4.78, 5) is 0. The van der Waals surface area contributed by atoms with Crippen LogP contribution in [0, 0.1) is 17.3 Å². The molecule has 5 nitrogen and oxygen atoms in total. The van der Waals surface area contributed by atoms with E-state index in [1.54, 1.807) is 6.26 Å². The topological polar surface area (TPSA) is 88.9 Å². The standard InChI is InChI=1S/C20H28BNO4.ClH/c1-19(2)13-9-16(19)20(3,23)17(10-13)26-21(24)18(22)8-12-11-25-15-7-5-4-6-14(12)15;/h4-7,11,13,16-18,23-24H,8-10,22H2,1-3H3;1H/t13-,16-,17+,18-,20-;/m0./s1. The zero-order valence-electron chi connectivity index (χ0n) is 16.1. The molecule has 3 aliphatic rings. The van der Waals surface area contributed by atoms with Gasteiger partial charge in [-0.15, -0.1) is 12.4 Å². The van der Waals surface area contributed by atoms with Crippen molar-refractivity contribution in [3.63, 3.8) is 0 Å². The zero-order chi connectivity index (χ0) is 18.7. The van der Waals surface area contributed by atoms with E-state index in [1.807, 2.05) is 31.2 Å². The summed E-state index contributed by atoms with van der Waals surface area (Å²) in [6.45, 7) is 6.26. The van der Waals surface area contributed by atoms with E-state index in [2.05, 4.69) is 13.8 Å².